The number of para-hydroxylation sites is 1. The average molecular weight is 241 g/mol. The topological polar surface area (TPSA) is 33.5 Å². The standard InChI is InChI=1S/C15H15NO2/c17-13-6-9-16(10-7-13)8-5-12-11-18-15-4-2-1-3-14(12)15/h1-4,6,9,11H,5,7-8,10H2. The summed E-state index contributed by atoms with van der Waals surface area (Å²) in [4.78, 5) is 13.3. The molecule has 0 N–H and O–H groups in total. The summed E-state index contributed by atoms with van der Waals surface area (Å²) in [6, 6.07) is 8.08. The minimum atomic E-state index is 0.222. The number of furan rings is 1. The fourth-order valence-electron chi connectivity index (χ4n) is 2.28. The summed E-state index contributed by atoms with van der Waals surface area (Å²) in [7, 11) is 0. The molecule has 3 heteroatoms. The number of fused-ring (bicyclic) bond motifs is 1. The van der Waals surface area contributed by atoms with Crippen molar-refractivity contribution in [1.82, 2.24) is 4.90 Å². The van der Waals surface area contributed by atoms with Crippen molar-refractivity contribution in [1.29, 1.82) is 0 Å². The summed E-state index contributed by atoms with van der Waals surface area (Å²) in [5.41, 5.74) is 2.17. The molecule has 3 nitrogen and oxygen atoms in total. The van der Waals surface area contributed by atoms with Gasteiger partial charge in [-0.25, -0.2) is 0 Å². The van der Waals surface area contributed by atoms with E-state index in [4.69, 9.17) is 4.42 Å². The third kappa shape index (κ3) is 2.16. The lowest BCUT2D eigenvalue weighted by Gasteiger charge is -2.22. The molecule has 0 saturated carbocycles. The SMILES string of the molecule is O=C1C=CN(CCc2coc3ccccc23)CC1. The fraction of sp³-hybridized carbons (Fsp3) is 0.267. The van der Waals surface area contributed by atoms with Crippen LogP contribution in [0, 0.1) is 0 Å². The van der Waals surface area contributed by atoms with Gasteiger partial charge in [0.05, 0.1) is 6.26 Å². The predicted octanol–water partition coefficient (Wildman–Crippen LogP) is 2.76. The summed E-state index contributed by atoms with van der Waals surface area (Å²) in [6.07, 6.45) is 6.97. The van der Waals surface area contributed by atoms with Crippen LogP contribution in [0.3, 0.4) is 0 Å². The molecule has 0 aliphatic carbocycles. The Balaban J connectivity index is 1.70. The summed E-state index contributed by atoms with van der Waals surface area (Å²) in [5.74, 6) is 0.222. The van der Waals surface area contributed by atoms with Gasteiger partial charge in [0.15, 0.2) is 5.78 Å². The Labute approximate surface area is 106 Å². The van der Waals surface area contributed by atoms with Crippen LogP contribution in [-0.2, 0) is 11.2 Å². The molecular formula is C15H15NO2. The van der Waals surface area contributed by atoms with Gasteiger partial charge in [0.2, 0.25) is 0 Å². The van der Waals surface area contributed by atoms with Gasteiger partial charge in [-0.3, -0.25) is 4.79 Å². The second-order valence-electron chi connectivity index (χ2n) is 4.58. The van der Waals surface area contributed by atoms with Gasteiger partial charge in [0.25, 0.3) is 0 Å². The Morgan fingerprint density at radius 2 is 2.17 bits per heavy atom. The smallest absolute Gasteiger partial charge is 0.158 e. The number of ketones is 1. The second-order valence-corrected chi connectivity index (χ2v) is 4.58. The molecule has 0 fully saturated rings. The maximum atomic E-state index is 11.1. The van der Waals surface area contributed by atoms with Crippen LogP contribution in [-0.4, -0.2) is 23.8 Å². The Hall–Kier alpha value is -2.03. The number of hydrogen-bond donors (Lipinski definition) is 0. The van der Waals surface area contributed by atoms with E-state index in [-0.39, 0.29) is 5.78 Å². The van der Waals surface area contributed by atoms with Crippen LogP contribution in [0.2, 0.25) is 0 Å². The normalized spacial score (nSPS) is 15.6. The molecule has 0 amide bonds. The quantitative estimate of drug-likeness (QED) is 0.828. The van der Waals surface area contributed by atoms with Gasteiger partial charge in [-0.1, -0.05) is 18.2 Å². The fourth-order valence-corrected chi connectivity index (χ4v) is 2.28. The first-order chi connectivity index (χ1) is 8.83. The number of hydrogen-bond acceptors (Lipinski definition) is 3. The van der Waals surface area contributed by atoms with Gasteiger partial charge in [-0.05, 0) is 24.1 Å². The van der Waals surface area contributed by atoms with Gasteiger partial charge in [-0.2, -0.15) is 0 Å². The van der Waals surface area contributed by atoms with E-state index in [9.17, 15) is 4.79 Å². The largest absolute Gasteiger partial charge is 0.464 e. The molecule has 2 aromatic rings. The molecule has 1 aliphatic rings. The summed E-state index contributed by atoms with van der Waals surface area (Å²) >= 11 is 0. The van der Waals surface area contributed by atoms with Crippen molar-refractivity contribution in [3.63, 3.8) is 0 Å². The zero-order valence-electron chi connectivity index (χ0n) is 10.1. The van der Waals surface area contributed by atoms with Crippen molar-refractivity contribution in [3.05, 3.63) is 48.4 Å². The molecule has 18 heavy (non-hydrogen) atoms. The van der Waals surface area contributed by atoms with Gasteiger partial charge in [0, 0.05) is 31.1 Å². The van der Waals surface area contributed by atoms with Gasteiger partial charge in [-0.15, -0.1) is 0 Å². The zero-order valence-corrected chi connectivity index (χ0v) is 10.1. The highest BCUT2D eigenvalue weighted by Crippen LogP contribution is 2.21. The Bertz CT molecular complexity index is 597. The molecule has 92 valence electrons. The predicted molar refractivity (Wildman–Crippen MR) is 70.3 cm³/mol. The van der Waals surface area contributed by atoms with E-state index in [0.29, 0.717) is 6.42 Å². The van der Waals surface area contributed by atoms with Crippen LogP contribution in [0.1, 0.15) is 12.0 Å². The van der Waals surface area contributed by atoms with E-state index < -0.39 is 0 Å². The molecule has 0 radical (unpaired) electrons. The zero-order chi connectivity index (χ0) is 12.4. The highest BCUT2D eigenvalue weighted by Gasteiger charge is 2.10. The van der Waals surface area contributed by atoms with E-state index in [1.807, 2.05) is 30.7 Å². The monoisotopic (exact) mass is 241 g/mol. The lowest BCUT2D eigenvalue weighted by atomic mass is 10.1. The Morgan fingerprint density at radius 1 is 1.28 bits per heavy atom. The molecule has 0 atom stereocenters. The molecule has 2 heterocycles. The summed E-state index contributed by atoms with van der Waals surface area (Å²) in [5, 5.41) is 1.19. The van der Waals surface area contributed by atoms with Crippen LogP contribution in [0.25, 0.3) is 11.0 Å². The van der Waals surface area contributed by atoms with Gasteiger partial charge < -0.3 is 9.32 Å². The number of carbonyl (C=O) groups is 1. The van der Waals surface area contributed by atoms with Crippen molar-refractivity contribution >= 4 is 16.8 Å². The lowest BCUT2D eigenvalue weighted by Crippen LogP contribution is -2.26. The Kier molecular flexibility index (Phi) is 2.89. The molecule has 0 unspecified atom stereocenters. The third-order valence-electron chi connectivity index (χ3n) is 3.35. The number of allylic oxidation sites excluding steroid dienone is 1. The first-order valence-corrected chi connectivity index (χ1v) is 6.23. The van der Waals surface area contributed by atoms with Crippen LogP contribution in [0.15, 0.2) is 47.2 Å². The summed E-state index contributed by atoms with van der Waals surface area (Å²) in [6.45, 7) is 1.75. The highest BCUT2D eigenvalue weighted by atomic mass is 16.3. The van der Waals surface area contributed by atoms with Crippen molar-refractivity contribution in [2.24, 2.45) is 0 Å². The number of rotatable bonds is 3. The first kappa shape index (κ1) is 11.1. The first-order valence-electron chi connectivity index (χ1n) is 6.23. The van der Waals surface area contributed by atoms with Gasteiger partial charge in [0.1, 0.15) is 5.58 Å². The van der Waals surface area contributed by atoms with E-state index in [1.165, 1.54) is 10.9 Å². The van der Waals surface area contributed by atoms with E-state index in [1.54, 1.807) is 6.08 Å². The molecule has 3 rings (SSSR count). The Morgan fingerprint density at radius 3 is 3.00 bits per heavy atom. The molecule has 0 saturated heterocycles. The second kappa shape index (κ2) is 4.69. The van der Waals surface area contributed by atoms with Crippen molar-refractivity contribution < 1.29 is 9.21 Å². The van der Waals surface area contributed by atoms with Crippen molar-refractivity contribution in [2.45, 2.75) is 12.8 Å². The van der Waals surface area contributed by atoms with Crippen molar-refractivity contribution in [3.8, 4) is 0 Å². The molecule has 1 aliphatic heterocycles. The maximum absolute atomic E-state index is 11.1. The van der Waals surface area contributed by atoms with E-state index in [0.717, 1.165) is 25.1 Å². The highest BCUT2D eigenvalue weighted by molar-refractivity contribution is 5.90. The minimum absolute atomic E-state index is 0.222. The van der Waals surface area contributed by atoms with Crippen LogP contribution < -0.4 is 0 Å². The van der Waals surface area contributed by atoms with Crippen LogP contribution >= 0.6 is 0 Å². The van der Waals surface area contributed by atoms with Crippen LogP contribution in [0.4, 0.5) is 0 Å². The maximum Gasteiger partial charge on any atom is 0.158 e. The minimum Gasteiger partial charge on any atom is -0.464 e. The average Bonchev–Trinajstić information content (AvgIpc) is 2.82. The van der Waals surface area contributed by atoms with Crippen molar-refractivity contribution in [2.75, 3.05) is 13.1 Å². The molecule has 1 aromatic carbocycles. The summed E-state index contributed by atoms with van der Waals surface area (Å²) < 4.78 is 5.52. The lowest BCUT2D eigenvalue weighted by molar-refractivity contribution is -0.115. The third-order valence-corrected chi connectivity index (χ3v) is 3.35. The molecule has 0 bridgehead atoms. The van der Waals surface area contributed by atoms with Gasteiger partial charge >= 0.3 is 0 Å². The molecule has 1 aromatic heterocycles. The van der Waals surface area contributed by atoms with E-state index in [2.05, 4.69) is 11.0 Å². The molecular weight excluding hydrogens is 226 g/mol. The number of benzene rings is 1. The van der Waals surface area contributed by atoms with Crippen LogP contribution in [0.5, 0.6) is 0 Å². The van der Waals surface area contributed by atoms with E-state index >= 15 is 0 Å². The molecule has 0 spiro atoms. The number of carbonyl (C=O) groups excluding carboxylic acids is 1. The number of nitrogens with zero attached hydrogens (tertiary/aromatic N) is 1.